The summed E-state index contributed by atoms with van der Waals surface area (Å²) in [6.45, 7) is 4.37. The van der Waals surface area contributed by atoms with Gasteiger partial charge in [-0.2, -0.15) is 0 Å². The lowest BCUT2D eigenvalue weighted by Crippen LogP contribution is -2.53. The third-order valence-electron chi connectivity index (χ3n) is 5.83. The number of halogens is 1. The van der Waals surface area contributed by atoms with E-state index >= 15 is 0 Å². The van der Waals surface area contributed by atoms with Gasteiger partial charge in [0.25, 0.3) is 0 Å². The predicted molar refractivity (Wildman–Crippen MR) is 81.1 cm³/mol. The molecule has 1 amide bonds. The minimum Gasteiger partial charge on any atom is -0.352 e. The van der Waals surface area contributed by atoms with E-state index in [0.717, 1.165) is 17.2 Å². The minimum atomic E-state index is 0.282. The first-order chi connectivity index (χ1) is 9.08. The smallest absolute Gasteiger partial charge is 0.223 e. The molecule has 1 N–H and O–H groups in total. The van der Waals surface area contributed by atoms with Gasteiger partial charge in [0.2, 0.25) is 5.91 Å². The average Bonchev–Trinajstić information content (AvgIpc) is 2.34. The van der Waals surface area contributed by atoms with Crippen molar-refractivity contribution in [2.24, 2.45) is 35.5 Å². The number of alkyl halides is 1. The standard InChI is InChI=1S/C16H26BrNO/c1-9(2)14(8-17)18-16(19)15-12-4-10-3-11(6-12)7-13(15)5-10/h9-15H,3-8H2,1-2H3,(H,18,19). The molecule has 3 heteroatoms. The molecule has 19 heavy (non-hydrogen) atoms. The molecule has 0 heterocycles. The maximum Gasteiger partial charge on any atom is 0.223 e. The van der Waals surface area contributed by atoms with Crippen LogP contribution in [-0.4, -0.2) is 17.3 Å². The van der Waals surface area contributed by atoms with Gasteiger partial charge >= 0.3 is 0 Å². The lowest BCUT2D eigenvalue weighted by molar-refractivity contribution is -0.139. The molecule has 0 radical (unpaired) electrons. The third-order valence-corrected chi connectivity index (χ3v) is 6.53. The average molecular weight is 328 g/mol. The van der Waals surface area contributed by atoms with Crippen molar-refractivity contribution in [3.8, 4) is 0 Å². The van der Waals surface area contributed by atoms with Crippen LogP contribution in [0.3, 0.4) is 0 Å². The quantitative estimate of drug-likeness (QED) is 0.785. The topological polar surface area (TPSA) is 29.1 Å². The Bertz CT molecular complexity index is 327. The molecule has 0 spiro atoms. The van der Waals surface area contributed by atoms with Crippen molar-refractivity contribution in [3.05, 3.63) is 0 Å². The minimum absolute atomic E-state index is 0.282. The van der Waals surface area contributed by atoms with E-state index in [0.29, 0.717) is 29.6 Å². The largest absolute Gasteiger partial charge is 0.352 e. The summed E-state index contributed by atoms with van der Waals surface area (Å²) in [6.07, 6.45) is 6.76. The van der Waals surface area contributed by atoms with E-state index in [4.69, 9.17) is 0 Å². The Labute approximate surface area is 125 Å². The van der Waals surface area contributed by atoms with Crippen molar-refractivity contribution in [1.82, 2.24) is 5.32 Å². The second kappa shape index (κ2) is 5.38. The molecule has 2 nitrogen and oxygen atoms in total. The molecule has 4 aliphatic carbocycles. The first kappa shape index (κ1) is 13.9. The van der Waals surface area contributed by atoms with Crippen LogP contribution in [0.25, 0.3) is 0 Å². The highest BCUT2D eigenvalue weighted by atomic mass is 79.9. The normalized spacial score (nSPS) is 41.6. The SMILES string of the molecule is CC(C)C(CBr)NC(=O)C1C2CC3CC(C2)CC1C3. The fraction of sp³-hybridized carbons (Fsp3) is 0.938. The van der Waals surface area contributed by atoms with Gasteiger partial charge in [-0.1, -0.05) is 29.8 Å². The van der Waals surface area contributed by atoms with E-state index in [1.807, 2.05) is 0 Å². The van der Waals surface area contributed by atoms with Crippen LogP contribution in [-0.2, 0) is 4.79 Å². The Hall–Kier alpha value is -0.0500. The highest BCUT2D eigenvalue weighted by Crippen LogP contribution is 2.56. The van der Waals surface area contributed by atoms with Gasteiger partial charge in [-0.3, -0.25) is 4.79 Å². The molecular formula is C16H26BrNO. The van der Waals surface area contributed by atoms with Crippen molar-refractivity contribution in [2.75, 3.05) is 5.33 Å². The molecule has 1 atom stereocenters. The summed E-state index contributed by atoms with van der Waals surface area (Å²) in [6, 6.07) is 0.282. The number of hydrogen-bond acceptors (Lipinski definition) is 1. The summed E-state index contributed by atoms with van der Waals surface area (Å²) in [5, 5.41) is 4.17. The van der Waals surface area contributed by atoms with Gasteiger partial charge < -0.3 is 5.32 Å². The van der Waals surface area contributed by atoms with Crippen LogP contribution in [0.15, 0.2) is 0 Å². The third kappa shape index (κ3) is 2.59. The van der Waals surface area contributed by atoms with Crippen molar-refractivity contribution in [3.63, 3.8) is 0 Å². The van der Waals surface area contributed by atoms with Crippen LogP contribution in [0.1, 0.15) is 46.0 Å². The Morgan fingerprint density at radius 2 is 1.63 bits per heavy atom. The van der Waals surface area contributed by atoms with E-state index < -0.39 is 0 Å². The molecule has 0 aromatic carbocycles. The van der Waals surface area contributed by atoms with Gasteiger partial charge in [0.05, 0.1) is 0 Å². The first-order valence-corrected chi connectivity index (χ1v) is 9.07. The summed E-state index contributed by atoms with van der Waals surface area (Å²) in [4.78, 5) is 12.7. The zero-order valence-electron chi connectivity index (χ0n) is 12.1. The summed E-state index contributed by atoms with van der Waals surface area (Å²) < 4.78 is 0. The fourth-order valence-corrected chi connectivity index (χ4v) is 5.93. The van der Waals surface area contributed by atoms with Gasteiger partial charge in [-0.05, 0) is 61.7 Å². The lowest BCUT2D eigenvalue weighted by atomic mass is 9.51. The monoisotopic (exact) mass is 327 g/mol. The molecular weight excluding hydrogens is 302 g/mol. The number of carbonyl (C=O) groups excluding carboxylic acids is 1. The number of rotatable bonds is 4. The molecule has 0 aliphatic heterocycles. The Kier molecular flexibility index (Phi) is 3.94. The molecule has 4 aliphatic rings. The van der Waals surface area contributed by atoms with Crippen LogP contribution in [0.2, 0.25) is 0 Å². The number of carbonyl (C=O) groups is 1. The van der Waals surface area contributed by atoms with E-state index in [-0.39, 0.29) is 6.04 Å². The van der Waals surface area contributed by atoms with E-state index in [1.54, 1.807) is 0 Å². The molecule has 0 saturated heterocycles. The van der Waals surface area contributed by atoms with Gasteiger partial charge in [0.15, 0.2) is 0 Å². The molecule has 0 aromatic heterocycles. The second-order valence-corrected chi connectivity index (χ2v) is 8.12. The van der Waals surface area contributed by atoms with E-state index in [9.17, 15) is 4.79 Å². The Morgan fingerprint density at radius 3 is 2.05 bits per heavy atom. The number of hydrogen-bond donors (Lipinski definition) is 1. The Balaban J connectivity index is 1.67. The first-order valence-electron chi connectivity index (χ1n) is 7.94. The zero-order chi connectivity index (χ0) is 13.6. The fourth-order valence-electron chi connectivity index (χ4n) is 5.02. The number of nitrogens with one attached hydrogen (secondary N) is 1. The van der Waals surface area contributed by atoms with Crippen molar-refractivity contribution >= 4 is 21.8 Å². The summed E-state index contributed by atoms with van der Waals surface area (Å²) in [5.74, 6) is 4.46. The second-order valence-electron chi connectivity index (χ2n) is 7.47. The van der Waals surface area contributed by atoms with Gasteiger partial charge in [0.1, 0.15) is 0 Å². The molecule has 0 aromatic rings. The summed E-state index contributed by atoms with van der Waals surface area (Å²) >= 11 is 3.53. The zero-order valence-corrected chi connectivity index (χ0v) is 13.7. The summed E-state index contributed by atoms with van der Waals surface area (Å²) in [7, 11) is 0. The molecule has 4 saturated carbocycles. The number of amides is 1. The highest BCUT2D eigenvalue weighted by Gasteiger charge is 2.50. The van der Waals surface area contributed by atoms with Crippen LogP contribution in [0.4, 0.5) is 0 Å². The van der Waals surface area contributed by atoms with Crippen molar-refractivity contribution in [2.45, 2.75) is 52.0 Å². The molecule has 4 fully saturated rings. The van der Waals surface area contributed by atoms with Crippen molar-refractivity contribution < 1.29 is 4.79 Å². The van der Waals surface area contributed by atoms with E-state index in [2.05, 4.69) is 35.1 Å². The summed E-state index contributed by atoms with van der Waals surface area (Å²) in [5.41, 5.74) is 0. The molecule has 1 unspecified atom stereocenters. The molecule has 108 valence electrons. The molecule has 4 bridgehead atoms. The predicted octanol–water partition coefficient (Wildman–Crippen LogP) is 3.59. The van der Waals surface area contributed by atoms with Gasteiger partial charge in [0, 0.05) is 17.3 Å². The van der Waals surface area contributed by atoms with Crippen LogP contribution in [0.5, 0.6) is 0 Å². The highest BCUT2D eigenvalue weighted by molar-refractivity contribution is 9.09. The van der Waals surface area contributed by atoms with Gasteiger partial charge in [-0.25, -0.2) is 0 Å². The molecule has 4 rings (SSSR count). The van der Waals surface area contributed by atoms with Crippen LogP contribution < -0.4 is 5.32 Å². The maximum atomic E-state index is 12.7. The van der Waals surface area contributed by atoms with Crippen LogP contribution >= 0.6 is 15.9 Å². The van der Waals surface area contributed by atoms with Gasteiger partial charge in [-0.15, -0.1) is 0 Å². The van der Waals surface area contributed by atoms with Crippen molar-refractivity contribution in [1.29, 1.82) is 0 Å². The van der Waals surface area contributed by atoms with E-state index in [1.165, 1.54) is 32.1 Å². The van der Waals surface area contributed by atoms with Crippen LogP contribution in [0, 0.1) is 35.5 Å². The maximum absolute atomic E-state index is 12.7. The lowest BCUT2D eigenvalue weighted by Gasteiger charge is -2.53. The Morgan fingerprint density at radius 1 is 1.11 bits per heavy atom.